The minimum absolute atomic E-state index is 0.281. The summed E-state index contributed by atoms with van der Waals surface area (Å²) < 4.78 is 24.3. The maximum atomic E-state index is 12.1. The normalized spacial score (nSPS) is 22.1. The van der Waals surface area contributed by atoms with Crippen molar-refractivity contribution in [1.82, 2.24) is 4.90 Å². The third kappa shape index (κ3) is 2.45. The number of hydrogen-bond acceptors (Lipinski definition) is 3. The number of nitrogens with zero attached hydrogens (tertiary/aromatic N) is 1. The molecule has 3 rings (SSSR count). The van der Waals surface area contributed by atoms with E-state index in [1.165, 1.54) is 24.7 Å². The van der Waals surface area contributed by atoms with Crippen molar-refractivity contribution in [1.29, 1.82) is 0 Å². The highest BCUT2D eigenvalue weighted by Gasteiger charge is 2.30. The molecule has 0 atom stereocenters. The second-order valence-corrected chi connectivity index (χ2v) is 7.28. The van der Waals surface area contributed by atoms with Crippen molar-refractivity contribution in [2.24, 2.45) is 0 Å². The molecule has 1 aromatic carbocycles. The Morgan fingerprint density at radius 3 is 2.63 bits per heavy atom. The number of sulfone groups is 1. The summed E-state index contributed by atoms with van der Waals surface area (Å²) in [5.41, 5.74) is 1.65. The van der Waals surface area contributed by atoms with Crippen LogP contribution in [0.5, 0.6) is 0 Å². The van der Waals surface area contributed by atoms with Crippen LogP contribution in [0.1, 0.15) is 24.8 Å². The lowest BCUT2D eigenvalue weighted by Gasteiger charge is -2.26. The van der Waals surface area contributed by atoms with E-state index < -0.39 is 9.84 Å². The molecule has 2 aliphatic rings. The van der Waals surface area contributed by atoms with Crippen LogP contribution in [0.4, 0.5) is 0 Å². The fourth-order valence-electron chi connectivity index (χ4n) is 2.84. The van der Waals surface area contributed by atoms with Crippen LogP contribution in [0.2, 0.25) is 5.02 Å². The summed E-state index contributed by atoms with van der Waals surface area (Å²) in [6.45, 7) is 2.80. The van der Waals surface area contributed by atoms with Crippen LogP contribution in [0, 0.1) is 0 Å². The van der Waals surface area contributed by atoms with Crippen molar-refractivity contribution in [3.63, 3.8) is 0 Å². The Balaban J connectivity index is 1.94. The summed E-state index contributed by atoms with van der Waals surface area (Å²) in [6, 6.07) is 5.29. The van der Waals surface area contributed by atoms with E-state index in [4.69, 9.17) is 11.6 Å². The molecule has 5 heteroatoms. The van der Waals surface area contributed by atoms with E-state index in [1.807, 2.05) is 12.1 Å². The summed E-state index contributed by atoms with van der Waals surface area (Å²) >= 11 is 6.04. The molecule has 2 heterocycles. The molecule has 3 nitrogen and oxygen atoms in total. The van der Waals surface area contributed by atoms with Gasteiger partial charge in [-0.2, -0.15) is 0 Å². The van der Waals surface area contributed by atoms with E-state index >= 15 is 0 Å². The van der Waals surface area contributed by atoms with Gasteiger partial charge in [-0.25, -0.2) is 8.42 Å². The number of piperidine rings is 1. The molecular weight excluding hydrogens is 282 g/mol. The number of fused-ring (bicyclic) bond motifs is 1. The lowest BCUT2D eigenvalue weighted by Crippen LogP contribution is -2.30. The van der Waals surface area contributed by atoms with Crippen LogP contribution in [0.3, 0.4) is 0 Å². The maximum absolute atomic E-state index is 12.1. The molecule has 1 saturated heterocycles. The lowest BCUT2D eigenvalue weighted by molar-refractivity contribution is 0.255. The van der Waals surface area contributed by atoms with Crippen molar-refractivity contribution in [3.05, 3.63) is 34.2 Å². The molecular formula is C14H16ClNO2S. The Kier molecular flexibility index (Phi) is 3.41. The largest absolute Gasteiger partial charge is 0.299 e. The molecule has 0 bridgehead atoms. The van der Waals surface area contributed by atoms with Gasteiger partial charge in [0.2, 0.25) is 9.84 Å². The fraction of sp³-hybridized carbons (Fsp3) is 0.429. The Labute approximate surface area is 118 Å². The van der Waals surface area contributed by atoms with Gasteiger partial charge in [-0.05, 0) is 37.6 Å². The molecule has 0 spiro atoms. The van der Waals surface area contributed by atoms with Gasteiger partial charge in [-0.3, -0.25) is 4.90 Å². The first kappa shape index (κ1) is 13.2. The van der Waals surface area contributed by atoms with Crippen LogP contribution in [-0.4, -0.2) is 33.0 Å². The summed E-state index contributed by atoms with van der Waals surface area (Å²) in [5, 5.41) is 1.71. The van der Waals surface area contributed by atoms with Gasteiger partial charge in [0.25, 0.3) is 0 Å². The first-order chi connectivity index (χ1) is 9.08. The predicted molar refractivity (Wildman–Crippen MR) is 76.9 cm³/mol. The highest BCUT2D eigenvalue weighted by atomic mass is 35.5. The third-order valence-electron chi connectivity index (χ3n) is 3.74. The average molecular weight is 298 g/mol. The van der Waals surface area contributed by atoms with Gasteiger partial charge in [-0.15, -0.1) is 0 Å². The van der Waals surface area contributed by atoms with E-state index in [2.05, 4.69) is 4.90 Å². The Hall–Kier alpha value is -0.840. The van der Waals surface area contributed by atoms with Crippen molar-refractivity contribution in [2.45, 2.75) is 24.2 Å². The van der Waals surface area contributed by atoms with Crippen LogP contribution >= 0.6 is 11.6 Å². The molecule has 102 valence electrons. The Morgan fingerprint density at radius 1 is 1.16 bits per heavy atom. The average Bonchev–Trinajstić information content (AvgIpc) is 2.63. The van der Waals surface area contributed by atoms with Crippen LogP contribution < -0.4 is 0 Å². The summed E-state index contributed by atoms with van der Waals surface area (Å²) in [5.74, 6) is 0. The minimum Gasteiger partial charge on any atom is -0.299 e. The zero-order chi connectivity index (χ0) is 13.5. The fourth-order valence-corrected chi connectivity index (χ4v) is 4.88. The first-order valence-corrected chi connectivity index (χ1v) is 8.47. The smallest absolute Gasteiger partial charge is 0.202 e. The van der Waals surface area contributed by atoms with Gasteiger partial charge in [0.1, 0.15) is 0 Å². The quantitative estimate of drug-likeness (QED) is 0.842. The van der Waals surface area contributed by atoms with Crippen molar-refractivity contribution >= 4 is 27.0 Å². The van der Waals surface area contributed by atoms with Gasteiger partial charge in [0.15, 0.2) is 0 Å². The van der Waals surface area contributed by atoms with Crippen molar-refractivity contribution in [2.75, 3.05) is 19.6 Å². The van der Waals surface area contributed by atoms with E-state index in [9.17, 15) is 8.42 Å². The molecule has 0 unspecified atom stereocenters. The molecule has 2 aliphatic heterocycles. The van der Waals surface area contributed by atoms with Gasteiger partial charge < -0.3 is 0 Å². The molecule has 1 fully saturated rings. The highest BCUT2D eigenvalue weighted by molar-refractivity contribution is 7.95. The van der Waals surface area contributed by atoms with E-state index in [0.29, 0.717) is 11.6 Å². The van der Waals surface area contributed by atoms with E-state index in [-0.39, 0.29) is 4.90 Å². The molecule has 19 heavy (non-hydrogen) atoms. The van der Waals surface area contributed by atoms with Crippen LogP contribution in [-0.2, 0) is 9.84 Å². The highest BCUT2D eigenvalue weighted by Crippen LogP contribution is 2.38. The summed E-state index contributed by atoms with van der Waals surface area (Å²) in [7, 11) is -3.36. The molecule has 0 amide bonds. The second-order valence-electron chi connectivity index (χ2n) is 5.14. The number of halogens is 1. The number of likely N-dealkylation sites (tertiary alicyclic amines) is 1. The van der Waals surface area contributed by atoms with Gasteiger partial charge in [-0.1, -0.05) is 30.2 Å². The van der Waals surface area contributed by atoms with Gasteiger partial charge >= 0.3 is 0 Å². The summed E-state index contributed by atoms with van der Waals surface area (Å²) in [4.78, 5) is 2.60. The second kappa shape index (κ2) is 4.93. The predicted octanol–water partition coefficient (Wildman–Crippen LogP) is 2.95. The Bertz CT molecular complexity index is 631. The molecule has 0 radical (unpaired) electrons. The van der Waals surface area contributed by atoms with Crippen molar-refractivity contribution in [3.8, 4) is 0 Å². The number of hydrogen-bond donors (Lipinski definition) is 0. The van der Waals surface area contributed by atoms with Gasteiger partial charge in [0, 0.05) is 17.5 Å². The van der Waals surface area contributed by atoms with E-state index in [0.717, 1.165) is 24.2 Å². The lowest BCUT2D eigenvalue weighted by atomic mass is 10.1. The topological polar surface area (TPSA) is 37.4 Å². The summed E-state index contributed by atoms with van der Waals surface area (Å²) in [6.07, 6.45) is 3.67. The minimum atomic E-state index is -3.36. The Morgan fingerprint density at radius 2 is 1.89 bits per heavy atom. The molecule has 0 aliphatic carbocycles. The third-order valence-corrected chi connectivity index (χ3v) is 5.77. The zero-order valence-corrected chi connectivity index (χ0v) is 12.2. The number of rotatable bonds is 2. The molecule has 0 aromatic heterocycles. The van der Waals surface area contributed by atoms with Crippen LogP contribution in [0.15, 0.2) is 28.5 Å². The number of benzene rings is 1. The molecule has 0 saturated carbocycles. The SMILES string of the molecule is O=S1(=O)C=C(CN2CCCCC2)c2cccc(Cl)c21. The molecule has 1 aromatic rings. The van der Waals surface area contributed by atoms with Crippen molar-refractivity contribution < 1.29 is 8.42 Å². The van der Waals surface area contributed by atoms with Gasteiger partial charge in [0.05, 0.1) is 9.92 Å². The zero-order valence-electron chi connectivity index (χ0n) is 10.6. The maximum Gasteiger partial charge on any atom is 0.202 e. The monoisotopic (exact) mass is 297 g/mol. The van der Waals surface area contributed by atoms with Crippen LogP contribution in [0.25, 0.3) is 5.57 Å². The first-order valence-electron chi connectivity index (χ1n) is 6.55. The standard InChI is InChI=1S/C14H16ClNO2S/c15-13-6-4-5-12-11(10-19(17,18)14(12)13)9-16-7-2-1-3-8-16/h4-6,10H,1-3,7-9H2. The molecule has 0 N–H and O–H groups in total. The van der Waals surface area contributed by atoms with E-state index in [1.54, 1.807) is 6.07 Å².